The van der Waals surface area contributed by atoms with Crippen molar-refractivity contribution in [2.75, 3.05) is 31.2 Å². The molecule has 184 valence electrons. The molecule has 0 radical (unpaired) electrons. The van der Waals surface area contributed by atoms with E-state index in [1.54, 1.807) is 17.0 Å². The van der Waals surface area contributed by atoms with Crippen LogP contribution in [0.3, 0.4) is 0 Å². The van der Waals surface area contributed by atoms with E-state index in [9.17, 15) is 18.8 Å². The Hall–Kier alpha value is -3.42. The lowest BCUT2D eigenvalue weighted by molar-refractivity contribution is -0.143. The van der Waals surface area contributed by atoms with Crippen molar-refractivity contribution < 1.29 is 18.8 Å². The van der Waals surface area contributed by atoms with Gasteiger partial charge in [-0.3, -0.25) is 14.4 Å². The second-order valence-electron chi connectivity index (χ2n) is 9.80. The summed E-state index contributed by atoms with van der Waals surface area (Å²) in [6, 6.07) is 15.8. The molecule has 1 aliphatic carbocycles. The van der Waals surface area contributed by atoms with Crippen molar-refractivity contribution in [2.24, 2.45) is 5.92 Å². The highest BCUT2D eigenvalue weighted by atomic mass is 19.1. The van der Waals surface area contributed by atoms with Gasteiger partial charge in [-0.05, 0) is 55.5 Å². The van der Waals surface area contributed by atoms with Crippen LogP contribution in [0.25, 0.3) is 0 Å². The summed E-state index contributed by atoms with van der Waals surface area (Å²) in [4.78, 5) is 44.9. The molecule has 1 saturated carbocycles. The first-order valence-electron chi connectivity index (χ1n) is 12.4. The Morgan fingerprint density at radius 1 is 1.00 bits per heavy atom. The van der Waals surface area contributed by atoms with Gasteiger partial charge in [0.1, 0.15) is 17.9 Å². The monoisotopic (exact) mass is 478 g/mol. The molecule has 1 spiro atoms. The Kier molecular flexibility index (Phi) is 6.45. The summed E-state index contributed by atoms with van der Waals surface area (Å²) in [5.74, 6) is -0.275. The maximum atomic E-state index is 13.8. The molecule has 3 fully saturated rings. The Morgan fingerprint density at radius 3 is 2.31 bits per heavy atom. The molecule has 5 rings (SSSR count). The van der Waals surface area contributed by atoms with Gasteiger partial charge in [-0.1, -0.05) is 36.8 Å². The highest BCUT2D eigenvalue weighted by molar-refractivity contribution is 5.96. The number of nitrogens with zero attached hydrogens (tertiary/aromatic N) is 3. The fraction of sp³-hybridized carbons (Fsp3) is 0.444. The molecule has 0 atom stereocenters. The zero-order valence-electron chi connectivity index (χ0n) is 19.8. The molecule has 0 unspecified atom stereocenters. The summed E-state index contributed by atoms with van der Waals surface area (Å²) < 4.78 is 13.1. The van der Waals surface area contributed by atoms with Gasteiger partial charge in [0, 0.05) is 31.2 Å². The molecule has 7 nitrogen and oxygen atoms in total. The number of para-hydroxylation sites is 1. The first kappa shape index (κ1) is 23.3. The third-order valence-corrected chi connectivity index (χ3v) is 7.68. The minimum atomic E-state index is -0.755. The normalized spacial score (nSPS) is 19.7. The quantitative estimate of drug-likeness (QED) is 0.693. The number of anilines is 1. The molecule has 2 aliphatic heterocycles. The maximum Gasteiger partial charge on any atom is 0.250 e. The smallest absolute Gasteiger partial charge is 0.250 e. The fourth-order valence-corrected chi connectivity index (χ4v) is 5.36. The van der Waals surface area contributed by atoms with Crippen LogP contribution in [-0.2, 0) is 20.9 Å². The average molecular weight is 479 g/mol. The minimum Gasteiger partial charge on any atom is -0.350 e. The Labute approximate surface area is 204 Å². The lowest BCUT2D eigenvalue weighted by Crippen LogP contribution is -2.58. The van der Waals surface area contributed by atoms with Gasteiger partial charge in [-0.15, -0.1) is 0 Å². The van der Waals surface area contributed by atoms with Crippen molar-refractivity contribution in [3.63, 3.8) is 0 Å². The van der Waals surface area contributed by atoms with E-state index in [-0.39, 0.29) is 42.5 Å². The Morgan fingerprint density at radius 2 is 1.69 bits per heavy atom. The van der Waals surface area contributed by atoms with Crippen molar-refractivity contribution in [1.29, 1.82) is 0 Å². The van der Waals surface area contributed by atoms with Crippen molar-refractivity contribution in [3.8, 4) is 0 Å². The van der Waals surface area contributed by atoms with Gasteiger partial charge in [0.15, 0.2) is 0 Å². The van der Waals surface area contributed by atoms with E-state index in [2.05, 4.69) is 10.2 Å². The Bertz CT molecular complexity index is 1080. The van der Waals surface area contributed by atoms with Crippen LogP contribution in [0.4, 0.5) is 10.1 Å². The first-order chi connectivity index (χ1) is 17.0. The molecule has 2 aromatic carbocycles. The second-order valence-corrected chi connectivity index (χ2v) is 9.80. The molecule has 2 aromatic rings. The summed E-state index contributed by atoms with van der Waals surface area (Å²) >= 11 is 0. The third kappa shape index (κ3) is 4.61. The number of likely N-dealkylation sites (tertiary alicyclic amines) is 1. The molecule has 1 N–H and O–H groups in total. The lowest BCUT2D eigenvalue weighted by Gasteiger charge is -2.44. The van der Waals surface area contributed by atoms with Crippen molar-refractivity contribution in [3.05, 3.63) is 66.0 Å². The van der Waals surface area contributed by atoms with Crippen LogP contribution in [-0.4, -0.2) is 59.4 Å². The third-order valence-electron chi connectivity index (χ3n) is 7.68. The summed E-state index contributed by atoms with van der Waals surface area (Å²) in [6.07, 6.45) is 4.15. The van der Waals surface area contributed by atoms with Crippen LogP contribution >= 0.6 is 0 Å². The molecular weight excluding hydrogens is 447 g/mol. The van der Waals surface area contributed by atoms with Gasteiger partial charge >= 0.3 is 0 Å². The number of hydrogen-bond acceptors (Lipinski definition) is 4. The van der Waals surface area contributed by atoms with Crippen LogP contribution in [0, 0.1) is 11.7 Å². The van der Waals surface area contributed by atoms with E-state index >= 15 is 0 Å². The van der Waals surface area contributed by atoms with Gasteiger partial charge in [-0.25, -0.2) is 4.39 Å². The lowest BCUT2D eigenvalue weighted by atomic mass is 9.81. The van der Waals surface area contributed by atoms with Crippen molar-refractivity contribution >= 4 is 23.4 Å². The predicted molar refractivity (Wildman–Crippen MR) is 130 cm³/mol. The number of hydrogen-bond donors (Lipinski definition) is 1. The van der Waals surface area contributed by atoms with Crippen LogP contribution in [0.15, 0.2) is 54.6 Å². The molecule has 2 saturated heterocycles. The summed E-state index contributed by atoms with van der Waals surface area (Å²) in [7, 11) is 0. The van der Waals surface area contributed by atoms with E-state index in [1.165, 1.54) is 12.1 Å². The van der Waals surface area contributed by atoms with Gasteiger partial charge in [0.25, 0.3) is 5.91 Å². The number of carbonyl (C=O) groups is 3. The van der Waals surface area contributed by atoms with Gasteiger partial charge in [0.05, 0.1) is 6.67 Å². The number of rotatable bonds is 6. The zero-order valence-corrected chi connectivity index (χ0v) is 19.8. The minimum absolute atomic E-state index is 0.0458. The van der Waals surface area contributed by atoms with Crippen LogP contribution < -0.4 is 10.2 Å². The van der Waals surface area contributed by atoms with Crippen molar-refractivity contribution in [2.45, 2.75) is 44.2 Å². The molecule has 2 heterocycles. The van der Waals surface area contributed by atoms with Crippen LogP contribution in [0.5, 0.6) is 0 Å². The van der Waals surface area contributed by atoms with E-state index in [1.807, 2.05) is 35.2 Å². The highest BCUT2D eigenvalue weighted by Gasteiger charge is 2.54. The number of amides is 3. The van der Waals surface area contributed by atoms with E-state index < -0.39 is 5.54 Å². The van der Waals surface area contributed by atoms with Gasteiger partial charge in [0.2, 0.25) is 11.8 Å². The van der Waals surface area contributed by atoms with E-state index in [0.717, 1.165) is 30.5 Å². The Balaban J connectivity index is 1.28. The molecule has 8 heteroatoms. The summed E-state index contributed by atoms with van der Waals surface area (Å²) in [5, 5.41) is 2.83. The number of piperidine rings is 1. The molecular formula is C27H31FN4O3. The average Bonchev–Trinajstić information content (AvgIpc) is 3.09. The molecule has 0 bridgehead atoms. The topological polar surface area (TPSA) is 73.0 Å². The van der Waals surface area contributed by atoms with Gasteiger partial charge in [-0.2, -0.15) is 0 Å². The number of halogens is 1. The summed E-state index contributed by atoms with van der Waals surface area (Å²) in [5.41, 5.74) is 0.974. The first-order valence-corrected chi connectivity index (χ1v) is 12.4. The molecule has 3 aliphatic rings. The standard InChI is InChI=1S/C27H31FN4O3/c28-22-11-9-20(10-12-22)17-29-24(33)18-31-19-32(23-7-2-1-3-8-23)27(26(31)35)13-15-30(16-14-27)25(34)21-5-4-6-21/h1-3,7-12,21H,4-6,13-19H2,(H,29,33). The van der Waals surface area contributed by atoms with Crippen LogP contribution in [0.2, 0.25) is 0 Å². The molecule has 0 aromatic heterocycles. The highest BCUT2D eigenvalue weighted by Crippen LogP contribution is 2.40. The second kappa shape index (κ2) is 9.68. The number of nitrogens with one attached hydrogen (secondary N) is 1. The van der Waals surface area contributed by atoms with Crippen molar-refractivity contribution in [1.82, 2.24) is 15.1 Å². The van der Waals surface area contributed by atoms with E-state index in [4.69, 9.17) is 0 Å². The molecule has 3 amide bonds. The predicted octanol–water partition coefficient (Wildman–Crippen LogP) is 2.91. The number of carbonyl (C=O) groups excluding carboxylic acids is 3. The van der Waals surface area contributed by atoms with Crippen LogP contribution in [0.1, 0.15) is 37.7 Å². The van der Waals surface area contributed by atoms with Gasteiger partial charge < -0.3 is 20.0 Å². The maximum absolute atomic E-state index is 13.8. The number of benzene rings is 2. The zero-order chi connectivity index (χ0) is 24.4. The molecule has 35 heavy (non-hydrogen) atoms. The van der Waals surface area contributed by atoms with E-state index in [0.29, 0.717) is 32.6 Å². The SMILES string of the molecule is O=C(CN1CN(c2ccccc2)C2(CCN(C(=O)C3CCC3)CC2)C1=O)NCc1ccc(F)cc1. The fourth-order valence-electron chi connectivity index (χ4n) is 5.36. The largest absolute Gasteiger partial charge is 0.350 e. The summed E-state index contributed by atoms with van der Waals surface area (Å²) in [6.45, 7) is 1.65.